The summed E-state index contributed by atoms with van der Waals surface area (Å²) in [5.74, 6) is 1.85. The third kappa shape index (κ3) is 3.72. The maximum absolute atomic E-state index is 3.44. The minimum Gasteiger partial charge on any atom is -0.317 e. The second-order valence-electron chi connectivity index (χ2n) is 5.83. The molecule has 0 saturated carbocycles. The van der Waals surface area contributed by atoms with Crippen LogP contribution in [0.4, 0.5) is 0 Å². The molecule has 0 amide bonds. The van der Waals surface area contributed by atoms with Gasteiger partial charge in [-0.3, -0.25) is 0 Å². The van der Waals surface area contributed by atoms with Crippen LogP contribution in [0.2, 0.25) is 0 Å². The minimum absolute atomic E-state index is 0.914. The molecule has 0 aliphatic carbocycles. The van der Waals surface area contributed by atoms with E-state index in [1.54, 1.807) is 0 Å². The van der Waals surface area contributed by atoms with Crippen LogP contribution in [0.25, 0.3) is 0 Å². The second kappa shape index (κ2) is 5.99. The Morgan fingerprint density at radius 3 is 2.44 bits per heavy atom. The number of rotatable bonds is 4. The second-order valence-corrected chi connectivity index (χ2v) is 5.83. The summed E-state index contributed by atoms with van der Waals surface area (Å²) in [5.41, 5.74) is 0. The van der Waals surface area contributed by atoms with E-state index in [1.807, 2.05) is 0 Å². The van der Waals surface area contributed by atoms with Crippen LogP contribution in [0.3, 0.4) is 0 Å². The van der Waals surface area contributed by atoms with Gasteiger partial charge in [-0.2, -0.15) is 0 Å². The zero-order valence-electron chi connectivity index (χ0n) is 10.9. The fraction of sp³-hybridized carbons (Fsp3) is 1.00. The quantitative estimate of drug-likeness (QED) is 0.766. The number of hydrogen-bond donors (Lipinski definition) is 1. The van der Waals surface area contributed by atoms with Gasteiger partial charge in [0, 0.05) is 19.6 Å². The molecule has 2 saturated heterocycles. The van der Waals surface area contributed by atoms with Gasteiger partial charge in [0.15, 0.2) is 0 Å². The van der Waals surface area contributed by atoms with Gasteiger partial charge in [0.1, 0.15) is 0 Å². The lowest BCUT2D eigenvalue weighted by molar-refractivity contribution is 0.213. The van der Waals surface area contributed by atoms with Gasteiger partial charge in [-0.05, 0) is 64.8 Å². The summed E-state index contributed by atoms with van der Waals surface area (Å²) in [6.07, 6.45) is 4.14. The summed E-state index contributed by atoms with van der Waals surface area (Å²) < 4.78 is 0. The van der Waals surface area contributed by atoms with Crippen LogP contribution < -0.4 is 5.32 Å². The highest BCUT2D eigenvalue weighted by atomic mass is 15.1. The van der Waals surface area contributed by atoms with Crippen LogP contribution >= 0.6 is 0 Å². The van der Waals surface area contributed by atoms with Gasteiger partial charge in [0.05, 0.1) is 0 Å². The summed E-state index contributed by atoms with van der Waals surface area (Å²) in [5, 5.41) is 3.44. The van der Waals surface area contributed by atoms with E-state index in [0.29, 0.717) is 0 Å². The van der Waals surface area contributed by atoms with E-state index in [9.17, 15) is 0 Å². The van der Waals surface area contributed by atoms with Crippen LogP contribution in [0, 0.1) is 11.8 Å². The van der Waals surface area contributed by atoms with Crippen molar-refractivity contribution in [1.29, 1.82) is 0 Å². The molecule has 2 heterocycles. The van der Waals surface area contributed by atoms with E-state index >= 15 is 0 Å². The Morgan fingerprint density at radius 2 is 1.81 bits per heavy atom. The molecule has 2 fully saturated rings. The molecule has 2 rings (SSSR count). The van der Waals surface area contributed by atoms with Crippen LogP contribution in [0.1, 0.15) is 19.3 Å². The molecule has 1 atom stereocenters. The number of hydrogen-bond acceptors (Lipinski definition) is 3. The predicted molar refractivity (Wildman–Crippen MR) is 68.7 cm³/mol. The molecule has 0 aromatic carbocycles. The Balaban J connectivity index is 1.65. The molecule has 0 aromatic rings. The molecule has 2 aliphatic heterocycles. The molecule has 16 heavy (non-hydrogen) atoms. The van der Waals surface area contributed by atoms with Gasteiger partial charge >= 0.3 is 0 Å². The summed E-state index contributed by atoms with van der Waals surface area (Å²) in [4.78, 5) is 5.03. The van der Waals surface area contributed by atoms with Crippen molar-refractivity contribution in [2.24, 2.45) is 11.8 Å². The number of likely N-dealkylation sites (tertiary alicyclic amines) is 1. The van der Waals surface area contributed by atoms with Crippen LogP contribution in [0.15, 0.2) is 0 Å². The van der Waals surface area contributed by atoms with Gasteiger partial charge in [0.25, 0.3) is 0 Å². The molecule has 0 aromatic heterocycles. The van der Waals surface area contributed by atoms with Crippen LogP contribution in [-0.4, -0.2) is 63.2 Å². The molecular formula is C13H27N3. The molecule has 94 valence electrons. The number of piperidine rings is 1. The third-order valence-electron chi connectivity index (χ3n) is 4.09. The fourth-order valence-corrected chi connectivity index (χ4v) is 3.20. The van der Waals surface area contributed by atoms with Gasteiger partial charge < -0.3 is 15.1 Å². The predicted octanol–water partition coefficient (Wildman–Crippen LogP) is 0.869. The smallest absolute Gasteiger partial charge is 0.00194 e. The highest BCUT2D eigenvalue weighted by molar-refractivity contribution is 4.77. The average molecular weight is 225 g/mol. The van der Waals surface area contributed by atoms with E-state index in [1.165, 1.54) is 58.5 Å². The lowest BCUT2D eigenvalue weighted by Gasteiger charge is -2.29. The Morgan fingerprint density at radius 1 is 1.12 bits per heavy atom. The first-order valence-corrected chi connectivity index (χ1v) is 6.82. The van der Waals surface area contributed by atoms with E-state index in [4.69, 9.17) is 0 Å². The lowest BCUT2D eigenvalue weighted by Crippen LogP contribution is -2.36. The Kier molecular flexibility index (Phi) is 4.62. The first-order valence-electron chi connectivity index (χ1n) is 6.82. The molecule has 1 unspecified atom stereocenters. The number of nitrogens with one attached hydrogen (secondary N) is 1. The maximum Gasteiger partial charge on any atom is 0.00194 e. The summed E-state index contributed by atoms with van der Waals surface area (Å²) >= 11 is 0. The van der Waals surface area contributed by atoms with E-state index in [2.05, 4.69) is 29.2 Å². The van der Waals surface area contributed by atoms with Crippen molar-refractivity contribution in [2.75, 3.05) is 53.4 Å². The zero-order chi connectivity index (χ0) is 11.4. The van der Waals surface area contributed by atoms with Crippen molar-refractivity contribution in [1.82, 2.24) is 15.1 Å². The average Bonchev–Trinajstić information content (AvgIpc) is 2.65. The first-order chi connectivity index (χ1) is 7.74. The molecule has 0 spiro atoms. The maximum atomic E-state index is 3.44. The standard InChI is InChI=1S/C13H27N3/c1-15-8-5-13(10-15)11-16(2)9-12-3-6-14-7-4-12/h12-14H,3-11H2,1-2H3. The van der Waals surface area contributed by atoms with Gasteiger partial charge in [-0.25, -0.2) is 0 Å². The summed E-state index contributed by atoms with van der Waals surface area (Å²) in [6.45, 7) is 7.66. The molecule has 1 N–H and O–H groups in total. The van der Waals surface area contributed by atoms with Crippen molar-refractivity contribution < 1.29 is 0 Å². The Labute approximate surface area is 100 Å². The topological polar surface area (TPSA) is 18.5 Å². The van der Waals surface area contributed by atoms with Crippen molar-refractivity contribution >= 4 is 0 Å². The third-order valence-corrected chi connectivity index (χ3v) is 4.09. The van der Waals surface area contributed by atoms with Gasteiger partial charge in [0.2, 0.25) is 0 Å². The molecule has 3 nitrogen and oxygen atoms in total. The van der Waals surface area contributed by atoms with E-state index < -0.39 is 0 Å². The molecule has 2 aliphatic rings. The van der Waals surface area contributed by atoms with Crippen molar-refractivity contribution in [2.45, 2.75) is 19.3 Å². The number of nitrogens with zero attached hydrogens (tertiary/aromatic N) is 2. The minimum atomic E-state index is 0.914. The zero-order valence-corrected chi connectivity index (χ0v) is 10.9. The van der Waals surface area contributed by atoms with Crippen molar-refractivity contribution in [3.05, 3.63) is 0 Å². The monoisotopic (exact) mass is 225 g/mol. The fourth-order valence-electron chi connectivity index (χ4n) is 3.20. The van der Waals surface area contributed by atoms with Crippen molar-refractivity contribution in [3.63, 3.8) is 0 Å². The summed E-state index contributed by atoms with van der Waals surface area (Å²) in [6, 6.07) is 0. The van der Waals surface area contributed by atoms with E-state index in [0.717, 1.165) is 11.8 Å². The first kappa shape index (κ1) is 12.3. The van der Waals surface area contributed by atoms with Crippen LogP contribution in [-0.2, 0) is 0 Å². The lowest BCUT2D eigenvalue weighted by atomic mass is 9.97. The SMILES string of the molecule is CN1CCC(CN(C)CC2CCNCC2)C1. The highest BCUT2D eigenvalue weighted by Crippen LogP contribution is 2.17. The van der Waals surface area contributed by atoms with Gasteiger partial charge in [-0.1, -0.05) is 0 Å². The summed E-state index contributed by atoms with van der Waals surface area (Å²) in [7, 11) is 4.55. The molecule has 0 bridgehead atoms. The van der Waals surface area contributed by atoms with Crippen LogP contribution in [0.5, 0.6) is 0 Å². The Hall–Kier alpha value is -0.120. The van der Waals surface area contributed by atoms with Crippen molar-refractivity contribution in [3.8, 4) is 0 Å². The largest absolute Gasteiger partial charge is 0.317 e. The van der Waals surface area contributed by atoms with E-state index in [-0.39, 0.29) is 0 Å². The molecular weight excluding hydrogens is 198 g/mol. The molecule has 3 heteroatoms. The molecule has 0 radical (unpaired) electrons. The normalized spacial score (nSPS) is 29.1. The Bertz CT molecular complexity index is 195. The van der Waals surface area contributed by atoms with Gasteiger partial charge in [-0.15, -0.1) is 0 Å². The highest BCUT2D eigenvalue weighted by Gasteiger charge is 2.22.